The summed E-state index contributed by atoms with van der Waals surface area (Å²) in [4.78, 5) is 12.9. The first-order valence-corrected chi connectivity index (χ1v) is 16.6. The van der Waals surface area contributed by atoms with Crippen molar-refractivity contribution < 1.29 is 15.0 Å². The molecule has 5 aliphatic carbocycles. The van der Waals surface area contributed by atoms with E-state index < -0.39 is 17.0 Å². The van der Waals surface area contributed by atoms with Gasteiger partial charge in [0.05, 0.1) is 11.0 Å². The van der Waals surface area contributed by atoms with Gasteiger partial charge in [0.15, 0.2) is 0 Å². The first kappa shape index (κ1) is 29.7. The molecule has 0 saturated heterocycles. The SMILES string of the molecule is C=C(C)C1CC[C@]2(C(=O)O)CC[C@]3(C)C(CCC4[C@@]5(C)CC[C@@](O)(C(C)(CC)CC)C(C)(C)C5CC[C@]43C)C12. The predicted molar refractivity (Wildman–Crippen MR) is 160 cm³/mol. The van der Waals surface area contributed by atoms with E-state index in [1.54, 1.807) is 0 Å². The molecule has 0 aromatic heterocycles. The van der Waals surface area contributed by atoms with Crippen LogP contribution in [-0.4, -0.2) is 21.8 Å². The molecule has 5 rings (SSSR count). The third-order valence-electron chi connectivity index (χ3n) is 16.3. The third kappa shape index (κ3) is 3.35. The van der Waals surface area contributed by atoms with Crippen LogP contribution in [0.1, 0.15) is 139 Å². The molecule has 0 aliphatic heterocycles. The lowest BCUT2D eigenvalue weighted by Gasteiger charge is -2.74. The molecule has 39 heavy (non-hydrogen) atoms. The molecule has 5 unspecified atom stereocenters. The first-order valence-electron chi connectivity index (χ1n) is 16.6. The predicted octanol–water partition coefficient (Wildman–Crippen LogP) is 9.29. The quantitative estimate of drug-likeness (QED) is 0.342. The molecule has 2 N–H and O–H groups in total. The molecule has 3 nitrogen and oxygen atoms in total. The number of carbonyl (C=O) groups is 1. The molecule has 0 radical (unpaired) electrons. The van der Waals surface area contributed by atoms with Crippen molar-refractivity contribution in [2.24, 2.45) is 62.1 Å². The zero-order valence-corrected chi connectivity index (χ0v) is 26.9. The Hall–Kier alpha value is -0.830. The topological polar surface area (TPSA) is 57.5 Å². The Morgan fingerprint density at radius 2 is 1.49 bits per heavy atom. The summed E-state index contributed by atoms with van der Waals surface area (Å²) in [6.45, 7) is 26.1. The summed E-state index contributed by atoms with van der Waals surface area (Å²) >= 11 is 0. The van der Waals surface area contributed by atoms with Crippen molar-refractivity contribution in [1.82, 2.24) is 0 Å². The Labute approximate surface area is 240 Å². The summed E-state index contributed by atoms with van der Waals surface area (Å²) in [6, 6.07) is 0. The standard InChI is InChI=1S/C36H60O3/c1-11-31(7,12-2)36(39)22-19-32(8)26(30(36,5)6)16-17-34(10)27(32)14-13-25-28-24(23(3)4)15-18-35(28,29(37)38)21-20-33(25,34)9/h24-28,39H,3,11-22H2,1-2,4-10H3,(H,37,38)/t24?,25?,26?,27?,28?,32-,33+,34+,35-,36-/m0/s1. The zero-order chi connectivity index (χ0) is 29.0. The van der Waals surface area contributed by atoms with E-state index in [-0.39, 0.29) is 33.0 Å². The molecular weight excluding hydrogens is 480 g/mol. The summed E-state index contributed by atoms with van der Waals surface area (Å²) < 4.78 is 0. The van der Waals surface area contributed by atoms with Gasteiger partial charge in [-0.3, -0.25) is 4.79 Å². The second-order valence-corrected chi connectivity index (χ2v) is 17.0. The average molecular weight is 541 g/mol. The van der Waals surface area contributed by atoms with E-state index in [4.69, 9.17) is 0 Å². The molecule has 10 atom stereocenters. The maximum Gasteiger partial charge on any atom is 0.309 e. The number of carboxylic acid groups (broad SMARTS) is 1. The summed E-state index contributed by atoms with van der Waals surface area (Å²) in [5, 5.41) is 23.2. The van der Waals surface area contributed by atoms with Gasteiger partial charge in [-0.15, -0.1) is 0 Å². The minimum absolute atomic E-state index is 0.0637. The van der Waals surface area contributed by atoms with Crippen molar-refractivity contribution in [3.8, 4) is 0 Å². The van der Waals surface area contributed by atoms with Crippen molar-refractivity contribution in [2.45, 2.75) is 145 Å². The average Bonchev–Trinajstić information content (AvgIpc) is 3.28. The molecule has 0 heterocycles. The van der Waals surface area contributed by atoms with Crippen molar-refractivity contribution in [3.05, 3.63) is 12.2 Å². The Morgan fingerprint density at radius 1 is 0.846 bits per heavy atom. The van der Waals surface area contributed by atoms with Crippen LogP contribution in [0.4, 0.5) is 0 Å². The van der Waals surface area contributed by atoms with E-state index in [0.29, 0.717) is 23.7 Å². The zero-order valence-electron chi connectivity index (χ0n) is 26.9. The lowest BCUT2D eigenvalue weighted by Crippen LogP contribution is -2.70. The van der Waals surface area contributed by atoms with Crippen LogP contribution in [-0.2, 0) is 4.79 Å². The van der Waals surface area contributed by atoms with Gasteiger partial charge in [0.2, 0.25) is 0 Å². The highest BCUT2D eigenvalue weighted by molar-refractivity contribution is 5.76. The minimum Gasteiger partial charge on any atom is -0.481 e. The van der Waals surface area contributed by atoms with Crippen LogP contribution in [0.5, 0.6) is 0 Å². The largest absolute Gasteiger partial charge is 0.481 e. The van der Waals surface area contributed by atoms with E-state index >= 15 is 0 Å². The maximum atomic E-state index is 12.9. The Balaban J connectivity index is 1.54. The van der Waals surface area contributed by atoms with Crippen molar-refractivity contribution in [3.63, 3.8) is 0 Å². The maximum absolute atomic E-state index is 12.9. The van der Waals surface area contributed by atoms with Crippen molar-refractivity contribution >= 4 is 5.97 Å². The fraction of sp³-hybridized carbons (Fsp3) is 0.917. The van der Waals surface area contributed by atoms with Gasteiger partial charge in [0.25, 0.3) is 0 Å². The molecule has 5 aliphatic rings. The summed E-state index contributed by atoms with van der Waals surface area (Å²) in [5.41, 5.74) is 0.387. The highest BCUT2D eigenvalue weighted by Gasteiger charge is 2.74. The van der Waals surface area contributed by atoms with E-state index in [9.17, 15) is 15.0 Å². The number of hydrogen-bond acceptors (Lipinski definition) is 2. The number of hydrogen-bond donors (Lipinski definition) is 2. The fourth-order valence-electron chi connectivity index (χ4n) is 13.4. The fourth-order valence-corrected chi connectivity index (χ4v) is 13.4. The van der Waals surface area contributed by atoms with E-state index in [2.05, 4.69) is 68.9 Å². The molecule has 5 fully saturated rings. The molecular formula is C36H60O3. The highest BCUT2D eigenvalue weighted by atomic mass is 16.4. The molecule has 0 amide bonds. The lowest BCUT2D eigenvalue weighted by molar-refractivity contribution is -0.286. The van der Waals surface area contributed by atoms with Gasteiger partial charge in [-0.25, -0.2) is 0 Å². The highest BCUT2D eigenvalue weighted by Crippen LogP contribution is 2.78. The molecule has 3 heteroatoms. The molecule has 0 spiro atoms. The second-order valence-electron chi connectivity index (χ2n) is 17.0. The van der Waals surface area contributed by atoms with Crippen molar-refractivity contribution in [1.29, 1.82) is 0 Å². The van der Waals surface area contributed by atoms with Crippen LogP contribution in [0, 0.1) is 62.1 Å². The van der Waals surface area contributed by atoms with E-state index in [1.807, 2.05) is 0 Å². The van der Waals surface area contributed by atoms with Gasteiger partial charge in [0.1, 0.15) is 0 Å². The second kappa shape index (κ2) is 8.84. The van der Waals surface area contributed by atoms with Crippen LogP contribution in [0.15, 0.2) is 12.2 Å². The number of aliphatic hydroxyl groups is 1. The summed E-state index contributed by atoms with van der Waals surface area (Å²) in [7, 11) is 0. The monoisotopic (exact) mass is 540 g/mol. The normalized spacial score (nSPS) is 50.8. The molecule has 0 aromatic carbocycles. The van der Waals surface area contributed by atoms with Crippen LogP contribution in [0.3, 0.4) is 0 Å². The Kier molecular flexibility index (Phi) is 6.72. The lowest BCUT2D eigenvalue weighted by atomic mass is 9.31. The van der Waals surface area contributed by atoms with Gasteiger partial charge in [-0.1, -0.05) is 67.5 Å². The van der Waals surface area contributed by atoms with Gasteiger partial charge < -0.3 is 10.2 Å². The molecule has 5 saturated carbocycles. The third-order valence-corrected chi connectivity index (χ3v) is 16.3. The van der Waals surface area contributed by atoms with Crippen LogP contribution in [0.2, 0.25) is 0 Å². The van der Waals surface area contributed by atoms with Gasteiger partial charge in [-0.05, 0) is 141 Å². The number of aliphatic carboxylic acids is 1. The van der Waals surface area contributed by atoms with Gasteiger partial charge >= 0.3 is 5.97 Å². The Morgan fingerprint density at radius 3 is 2.05 bits per heavy atom. The van der Waals surface area contributed by atoms with Crippen LogP contribution >= 0.6 is 0 Å². The van der Waals surface area contributed by atoms with Crippen LogP contribution in [0.25, 0.3) is 0 Å². The molecule has 0 aromatic rings. The van der Waals surface area contributed by atoms with Gasteiger partial charge in [0, 0.05) is 0 Å². The van der Waals surface area contributed by atoms with E-state index in [1.165, 1.54) is 24.8 Å². The van der Waals surface area contributed by atoms with Crippen LogP contribution < -0.4 is 0 Å². The van der Waals surface area contributed by atoms with E-state index in [0.717, 1.165) is 57.8 Å². The number of allylic oxidation sites excluding steroid dienone is 1. The number of fused-ring (bicyclic) bond motifs is 7. The number of rotatable bonds is 5. The Bertz CT molecular complexity index is 1020. The minimum atomic E-state index is -0.646. The van der Waals surface area contributed by atoms with Crippen molar-refractivity contribution in [2.75, 3.05) is 0 Å². The molecule has 0 bridgehead atoms. The summed E-state index contributed by atoms with van der Waals surface area (Å²) in [6.07, 6.45) is 12.5. The van der Waals surface area contributed by atoms with Gasteiger partial charge in [-0.2, -0.15) is 0 Å². The smallest absolute Gasteiger partial charge is 0.309 e. The number of carboxylic acids is 1. The first-order chi connectivity index (χ1) is 18.0. The summed E-state index contributed by atoms with van der Waals surface area (Å²) in [5.74, 6) is 1.65. The molecule has 222 valence electrons.